The van der Waals surface area contributed by atoms with Gasteiger partial charge in [0.25, 0.3) is 0 Å². The van der Waals surface area contributed by atoms with E-state index >= 15 is 0 Å². The fourth-order valence-corrected chi connectivity index (χ4v) is 2.53. The van der Waals surface area contributed by atoms with Crippen LogP contribution in [0.2, 0.25) is 0 Å². The quantitative estimate of drug-likeness (QED) is 0.637. The van der Waals surface area contributed by atoms with Gasteiger partial charge in [-0.25, -0.2) is 0 Å². The van der Waals surface area contributed by atoms with E-state index in [2.05, 4.69) is 23.8 Å². The molecule has 0 unspecified atom stereocenters. The van der Waals surface area contributed by atoms with Gasteiger partial charge in [-0.1, -0.05) is 13.3 Å². The summed E-state index contributed by atoms with van der Waals surface area (Å²) in [5.41, 5.74) is 0. The Balaban J connectivity index is 1.71. The molecule has 0 saturated carbocycles. The average molecular weight is 182 g/mol. The lowest BCUT2D eigenvalue weighted by Crippen LogP contribution is -2.54. The Morgan fingerprint density at radius 1 is 1.15 bits per heavy atom. The zero-order valence-electron chi connectivity index (χ0n) is 9.00. The number of hydrogen-bond donors (Lipinski definition) is 0. The van der Waals surface area contributed by atoms with Crippen molar-refractivity contribution in [1.82, 2.24) is 9.80 Å². The van der Waals surface area contributed by atoms with E-state index in [4.69, 9.17) is 0 Å². The standard InChI is InChI=1S/C11H22N2/c1-3-10-8-13(9-10)11-4-6-12(2)7-5-11/h10-11H,3-9H2,1-2H3. The van der Waals surface area contributed by atoms with Crippen LogP contribution in [0.1, 0.15) is 26.2 Å². The predicted molar refractivity (Wildman–Crippen MR) is 55.9 cm³/mol. The lowest BCUT2D eigenvalue weighted by atomic mass is 9.92. The zero-order chi connectivity index (χ0) is 9.26. The molecule has 0 spiro atoms. The van der Waals surface area contributed by atoms with Crippen molar-refractivity contribution in [3.05, 3.63) is 0 Å². The summed E-state index contributed by atoms with van der Waals surface area (Å²) in [5.74, 6) is 1.01. The largest absolute Gasteiger partial charge is 0.306 e. The fourth-order valence-electron chi connectivity index (χ4n) is 2.53. The number of likely N-dealkylation sites (tertiary alicyclic amines) is 2. The number of rotatable bonds is 2. The second-order valence-electron chi connectivity index (χ2n) is 4.76. The van der Waals surface area contributed by atoms with Crippen LogP contribution in [-0.4, -0.2) is 49.1 Å². The molecule has 0 bridgehead atoms. The molecular weight excluding hydrogens is 160 g/mol. The van der Waals surface area contributed by atoms with Crippen LogP contribution in [0.4, 0.5) is 0 Å². The monoisotopic (exact) mass is 182 g/mol. The highest BCUT2D eigenvalue weighted by Crippen LogP contribution is 2.25. The SMILES string of the molecule is CCC1CN(C2CCN(C)CC2)C1. The molecule has 0 amide bonds. The molecule has 0 aliphatic carbocycles. The second-order valence-corrected chi connectivity index (χ2v) is 4.76. The van der Waals surface area contributed by atoms with Crippen molar-refractivity contribution < 1.29 is 0 Å². The molecule has 2 saturated heterocycles. The summed E-state index contributed by atoms with van der Waals surface area (Å²) in [6, 6.07) is 0.916. The van der Waals surface area contributed by atoms with Gasteiger partial charge in [0.05, 0.1) is 0 Å². The molecule has 0 atom stereocenters. The Morgan fingerprint density at radius 3 is 2.31 bits per heavy atom. The van der Waals surface area contributed by atoms with Gasteiger partial charge >= 0.3 is 0 Å². The molecule has 13 heavy (non-hydrogen) atoms. The molecule has 0 aromatic carbocycles. The number of nitrogens with zero attached hydrogens (tertiary/aromatic N) is 2. The summed E-state index contributed by atoms with van der Waals surface area (Å²) in [4.78, 5) is 5.15. The summed E-state index contributed by atoms with van der Waals surface area (Å²) in [6.07, 6.45) is 4.17. The number of piperidine rings is 1. The van der Waals surface area contributed by atoms with Crippen LogP contribution in [0.3, 0.4) is 0 Å². The Bertz CT molecular complexity index is 155. The molecule has 2 aliphatic heterocycles. The summed E-state index contributed by atoms with van der Waals surface area (Å²) in [6.45, 7) is 7.68. The van der Waals surface area contributed by atoms with Crippen molar-refractivity contribution >= 4 is 0 Å². The minimum absolute atomic E-state index is 0.916. The van der Waals surface area contributed by atoms with Gasteiger partial charge in [0, 0.05) is 19.1 Å². The van der Waals surface area contributed by atoms with Crippen LogP contribution < -0.4 is 0 Å². The fraction of sp³-hybridized carbons (Fsp3) is 1.00. The molecule has 2 aliphatic rings. The van der Waals surface area contributed by atoms with E-state index < -0.39 is 0 Å². The highest BCUT2D eigenvalue weighted by Gasteiger charge is 2.32. The Hall–Kier alpha value is -0.0800. The van der Waals surface area contributed by atoms with Crippen LogP contribution in [0.15, 0.2) is 0 Å². The van der Waals surface area contributed by atoms with Crippen molar-refractivity contribution in [2.45, 2.75) is 32.2 Å². The third-order valence-corrected chi connectivity index (χ3v) is 3.77. The van der Waals surface area contributed by atoms with Gasteiger partial charge in [-0.3, -0.25) is 4.90 Å². The van der Waals surface area contributed by atoms with Gasteiger partial charge in [0.1, 0.15) is 0 Å². The van der Waals surface area contributed by atoms with E-state index in [1.54, 1.807) is 0 Å². The van der Waals surface area contributed by atoms with Crippen molar-refractivity contribution in [3.63, 3.8) is 0 Å². The smallest absolute Gasteiger partial charge is 0.0120 e. The van der Waals surface area contributed by atoms with Crippen LogP contribution in [0.25, 0.3) is 0 Å². The summed E-state index contributed by atoms with van der Waals surface area (Å²) in [5, 5.41) is 0. The lowest BCUT2D eigenvalue weighted by molar-refractivity contribution is 0.0221. The second kappa shape index (κ2) is 3.97. The van der Waals surface area contributed by atoms with Crippen LogP contribution in [0.5, 0.6) is 0 Å². The molecule has 2 heterocycles. The van der Waals surface area contributed by atoms with Crippen LogP contribution in [0, 0.1) is 5.92 Å². The van der Waals surface area contributed by atoms with E-state index in [-0.39, 0.29) is 0 Å². The molecule has 2 fully saturated rings. The third-order valence-electron chi connectivity index (χ3n) is 3.77. The normalized spacial score (nSPS) is 29.1. The number of hydrogen-bond acceptors (Lipinski definition) is 2. The topological polar surface area (TPSA) is 6.48 Å². The summed E-state index contributed by atoms with van der Waals surface area (Å²) < 4.78 is 0. The molecule has 0 aromatic rings. The Kier molecular flexibility index (Phi) is 2.89. The van der Waals surface area contributed by atoms with Gasteiger partial charge in [-0.15, -0.1) is 0 Å². The van der Waals surface area contributed by atoms with E-state index in [9.17, 15) is 0 Å². The van der Waals surface area contributed by atoms with Crippen LogP contribution in [-0.2, 0) is 0 Å². The van der Waals surface area contributed by atoms with Gasteiger partial charge in [-0.2, -0.15) is 0 Å². The average Bonchev–Trinajstić information content (AvgIpc) is 2.06. The molecule has 2 rings (SSSR count). The highest BCUT2D eigenvalue weighted by molar-refractivity contribution is 4.87. The van der Waals surface area contributed by atoms with E-state index in [1.807, 2.05) is 0 Å². The van der Waals surface area contributed by atoms with E-state index in [1.165, 1.54) is 45.4 Å². The molecule has 2 nitrogen and oxygen atoms in total. The summed E-state index contributed by atoms with van der Waals surface area (Å²) in [7, 11) is 2.24. The third kappa shape index (κ3) is 2.05. The van der Waals surface area contributed by atoms with Gasteiger partial charge < -0.3 is 4.90 Å². The minimum Gasteiger partial charge on any atom is -0.306 e. The zero-order valence-corrected chi connectivity index (χ0v) is 9.00. The maximum Gasteiger partial charge on any atom is 0.0120 e. The summed E-state index contributed by atoms with van der Waals surface area (Å²) >= 11 is 0. The van der Waals surface area contributed by atoms with Gasteiger partial charge in [0.2, 0.25) is 0 Å². The first-order valence-corrected chi connectivity index (χ1v) is 5.72. The first-order valence-electron chi connectivity index (χ1n) is 5.72. The highest BCUT2D eigenvalue weighted by atomic mass is 15.2. The van der Waals surface area contributed by atoms with E-state index in [0.717, 1.165) is 12.0 Å². The van der Waals surface area contributed by atoms with Crippen LogP contribution >= 0.6 is 0 Å². The first-order chi connectivity index (χ1) is 6.29. The Labute approximate surface area is 81.9 Å². The maximum atomic E-state index is 2.70. The molecule has 0 aromatic heterocycles. The van der Waals surface area contributed by atoms with Crippen molar-refractivity contribution in [2.24, 2.45) is 5.92 Å². The molecular formula is C11H22N2. The van der Waals surface area contributed by atoms with Gasteiger partial charge in [-0.05, 0) is 38.9 Å². The Morgan fingerprint density at radius 2 is 1.77 bits per heavy atom. The minimum atomic E-state index is 0.916. The molecule has 76 valence electrons. The van der Waals surface area contributed by atoms with Crippen molar-refractivity contribution in [2.75, 3.05) is 33.2 Å². The lowest BCUT2D eigenvalue weighted by Gasteiger charge is -2.46. The molecule has 0 radical (unpaired) electrons. The van der Waals surface area contributed by atoms with Crippen molar-refractivity contribution in [1.29, 1.82) is 0 Å². The molecule has 0 N–H and O–H groups in total. The molecule has 2 heteroatoms. The van der Waals surface area contributed by atoms with E-state index in [0.29, 0.717) is 0 Å². The van der Waals surface area contributed by atoms with Gasteiger partial charge in [0.15, 0.2) is 0 Å². The van der Waals surface area contributed by atoms with Crippen molar-refractivity contribution in [3.8, 4) is 0 Å². The predicted octanol–water partition coefficient (Wildman–Crippen LogP) is 1.42. The first kappa shape index (κ1) is 9.47. The maximum absolute atomic E-state index is 2.70.